The van der Waals surface area contributed by atoms with Gasteiger partial charge >= 0.3 is 5.97 Å². The molecule has 0 spiro atoms. The van der Waals surface area contributed by atoms with Crippen LogP contribution in [0.2, 0.25) is 13.1 Å². The number of rotatable bonds is 9. The first-order chi connectivity index (χ1) is 16.1. The summed E-state index contributed by atoms with van der Waals surface area (Å²) < 4.78 is 21.3. The molecule has 0 aliphatic carbocycles. The minimum absolute atomic E-state index is 0.179. The summed E-state index contributed by atoms with van der Waals surface area (Å²) in [4.78, 5) is 14.0. The minimum Gasteiger partial charge on any atom is -0.459 e. The normalized spacial score (nSPS) is 22.1. The van der Waals surface area contributed by atoms with Gasteiger partial charge in [-0.3, -0.25) is 4.79 Å². The molecule has 0 amide bonds. The van der Waals surface area contributed by atoms with Crippen molar-refractivity contribution in [2.75, 3.05) is 13.1 Å². The van der Waals surface area contributed by atoms with E-state index in [1.807, 2.05) is 58.0 Å². The lowest BCUT2D eigenvalue weighted by molar-refractivity contribution is -0.165. The van der Waals surface area contributed by atoms with Gasteiger partial charge in [0.2, 0.25) is 0 Å². The van der Waals surface area contributed by atoms with E-state index in [9.17, 15) is 9.00 Å². The van der Waals surface area contributed by atoms with Crippen LogP contribution in [-0.2, 0) is 26.6 Å². The van der Waals surface area contributed by atoms with Gasteiger partial charge in [-0.15, -0.1) is 6.58 Å². The lowest BCUT2D eigenvalue weighted by Gasteiger charge is -2.36. The summed E-state index contributed by atoms with van der Waals surface area (Å²) in [6, 6.07) is 11.6. The van der Waals surface area contributed by atoms with Crippen LogP contribution in [0.5, 0.6) is 0 Å². The molecule has 1 fully saturated rings. The average Bonchev–Trinajstić information content (AvgIpc) is 3.10. The van der Waals surface area contributed by atoms with E-state index in [-0.39, 0.29) is 5.97 Å². The van der Waals surface area contributed by atoms with Gasteiger partial charge < -0.3 is 4.74 Å². The van der Waals surface area contributed by atoms with Crippen LogP contribution in [0, 0.1) is 5.41 Å². The molecule has 0 radical (unpaired) electrons. The summed E-state index contributed by atoms with van der Waals surface area (Å²) >= 11 is 0. The Kier molecular flexibility index (Phi) is 9.57. The van der Waals surface area contributed by atoms with E-state index in [0.29, 0.717) is 19.5 Å². The van der Waals surface area contributed by atoms with E-state index in [4.69, 9.17) is 4.74 Å². The summed E-state index contributed by atoms with van der Waals surface area (Å²) in [7, 11) is -3.24. The molecule has 1 aliphatic heterocycles. The van der Waals surface area contributed by atoms with Crippen molar-refractivity contribution in [2.45, 2.75) is 97.2 Å². The summed E-state index contributed by atoms with van der Waals surface area (Å²) in [6.45, 7) is 23.7. The number of hydrogen-bond acceptors (Lipinski definition) is 3. The third kappa shape index (κ3) is 7.27. The predicted octanol–water partition coefficient (Wildman–Crippen LogP) is 6.79. The minimum atomic E-state index is -2.02. The van der Waals surface area contributed by atoms with Crippen LogP contribution >= 0.6 is 0 Å². The highest BCUT2D eigenvalue weighted by Crippen LogP contribution is 2.47. The van der Waals surface area contributed by atoms with Gasteiger partial charge in [-0.25, -0.2) is 8.51 Å². The van der Waals surface area contributed by atoms with E-state index < -0.39 is 34.8 Å². The lowest BCUT2D eigenvalue weighted by atomic mass is 9.78. The summed E-state index contributed by atoms with van der Waals surface area (Å²) in [5.41, 5.74) is 1.08. The van der Waals surface area contributed by atoms with Gasteiger partial charge in [-0.1, -0.05) is 73.6 Å². The molecular weight excluding hydrogens is 470 g/mol. The Hall–Kier alpha value is -1.50. The van der Waals surface area contributed by atoms with Gasteiger partial charge in [0.05, 0.1) is 12.8 Å². The first kappa shape index (κ1) is 29.7. The van der Waals surface area contributed by atoms with Crippen molar-refractivity contribution < 1.29 is 13.7 Å². The number of benzene rings is 1. The van der Waals surface area contributed by atoms with Crippen LogP contribution in [0.1, 0.15) is 73.3 Å². The number of carbonyl (C=O) groups excluding carboxylic acids is 1. The van der Waals surface area contributed by atoms with E-state index in [2.05, 4.69) is 50.9 Å². The van der Waals surface area contributed by atoms with E-state index in [1.165, 1.54) is 10.8 Å². The maximum atomic E-state index is 14.0. The van der Waals surface area contributed by atoms with Crippen LogP contribution in [0.15, 0.2) is 53.8 Å². The van der Waals surface area contributed by atoms with E-state index in [1.54, 1.807) is 0 Å². The molecule has 1 aromatic carbocycles. The van der Waals surface area contributed by atoms with Gasteiger partial charge in [0.25, 0.3) is 0 Å². The van der Waals surface area contributed by atoms with Crippen molar-refractivity contribution in [3.63, 3.8) is 0 Å². The Bertz CT molecular complexity index is 956. The standard InChI is InChI=1S/C29H47NO3SSi/c1-11-16-25(35(9,10)21-23-17-14-13-15-18-23)24-20-30(34(32)28(6,7)8)22-29(24,19-12-2)26(31)33-27(3,4)5/h11,13-15,17-18H,1,12,16,19-22H2,2-10H3/b25-24+/t29-,34+/m0/s1. The number of esters is 1. The van der Waals surface area contributed by atoms with Crippen LogP contribution in [0.4, 0.5) is 0 Å². The monoisotopic (exact) mass is 517 g/mol. The van der Waals surface area contributed by atoms with Crippen molar-refractivity contribution in [3.05, 3.63) is 59.3 Å². The average molecular weight is 518 g/mol. The summed E-state index contributed by atoms with van der Waals surface area (Å²) in [5.74, 6) is -0.179. The molecule has 1 aromatic rings. The van der Waals surface area contributed by atoms with Gasteiger partial charge in [0, 0.05) is 13.1 Å². The maximum Gasteiger partial charge on any atom is 0.318 e. The number of nitrogens with zero attached hydrogens (tertiary/aromatic N) is 1. The molecule has 1 heterocycles. The third-order valence-electron chi connectivity index (χ3n) is 6.60. The molecule has 1 aliphatic rings. The molecule has 2 rings (SSSR count). The zero-order valence-corrected chi connectivity index (χ0v) is 25.3. The largest absolute Gasteiger partial charge is 0.459 e. The van der Waals surface area contributed by atoms with Gasteiger partial charge in [0.1, 0.15) is 22.0 Å². The Balaban J connectivity index is 2.75. The second kappa shape index (κ2) is 11.3. The molecule has 2 atom stereocenters. The van der Waals surface area contributed by atoms with E-state index in [0.717, 1.165) is 24.5 Å². The lowest BCUT2D eigenvalue weighted by Crippen LogP contribution is -2.44. The fourth-order valence-corrected chi connectivity index (χ4v) is 9.82. The predicted molar refractivity (Wildman–Crippen MR) is 152 cm³/mol. The van der Waals surface area contributed by atoms with Gasteiger partial charge in [-0.05, 0) is 66.0 Å². The van der Waals surface area contributed by atoms with Gasteiger partial charge in [-0.2, -0.15) is 0 Å². The van der Waals surface area contributed by atoms with Crippen LogP contribution in [0.3, 0.4) is 0 Å². The molecule has 35 heavy (non-hydrogen) atoms. The Morgan fingerprint density at radius 3 is 2.26 bits per heavy atom. The van der Waals surface area contributed by atoms with Gasteiger partial charge in [0.15, 0.2) is 0 Å². The zero-order chi connectivity index (χ0) is 26.7. The molecular formula is C29H47NO3SSi. The topological polar surface area (TPSA) is 46.6 Å². The fourth-order valence-electron chi connectivity index (χ4n) is 5.16. The highest BCUT2D eigenvalue weighted by Gasteiger charge is 2.54. The van der Waals surface area contributed by atoms with Crippen molar-refractivity contribution in [2.24, 2.45) is 5.41 Å². The number of carbonyl (C=O) groups is 1. The molecule has 196 valence electrons. The Morgan fingerprint density at radius 1 is 1.17 bits per heavy atom. The quantitative estimate of drug-likeness (QED) is 0.206. The van der Waals surface area contributed by atoms with Crippen molar-refractivity contribution in [1.29, 1.82) is 0 Å². The smallest absolute Gasteiger partial charge is 0.318 e. The first-order valence-electron chi connectivity index (χ1n) is 12.9. The maximum absolute atomic E-state index is 14.0. The summed E-state index contributed by atoms with van der Waals surface area (Å²) in [6.07, 6.45) is 4.25. The highest BCUT2D eigenvalue weighted by molar-refractivity contribution is 7.84. The van der Waals surface area contributed by atoms with Crippen molar-refractivity contribution >= 4 is 25.0 Å². The molecule has 0 bridgehead atoms. The Morgan fingerprint density at radius 2 is 1.77 bits per heavy atom. The summed E-state index contributed by atoms with van der Waals surface area (Å²) in [5, 5.41) is 1.35. The molecule has 0 aromatic heterocycles. The number of ether oxygens (including phenoxy) is 1. The molecule has 4 nitrogen and oxygen atoms in total. The molecule has 0 unspecified atom stereocenters. The SMILES string of the molecule is C=CC/C(=C1/CN([S@](=O)C(C)(C)C)C[C@]1(CCC)C(=O)OC(C)(C)C)[Si](C)(C)Cc1ccccc1. The van der Waals surface area contributed by atoms with Crippen LogP contribution in [-0.4, -0.2) is 46.0 Å². The third-order valence-corrected chi connectivity index (χ3v) is 11.8. The highest BCUT2D eigenvalue weighted by atomic mass is 32.2. The number of allylic oxidation sites excluding steroid dienone is 2. The van der Waals surface area contributed by atoms with Crippen molar-refractivity contribution in [3.8, 4) is 0 Å². The first-order valence-corrected chi connectivity index (χ1v) is 17.2. The molecule has 1 saturated heterocycles. The second-order valence-corrected chi connectivity index (χ2v) is 19.5. The Labute approximate surface area is 217 Å². The molecule has 0 saturated carbocycles. The fraction of sp³-hybridized carbons (Fsp3) is 0.621. The van der Waals surface area contributed by atoms with E-state index >= 15 is 0 Å². The number of hydrogen-bond donors (Lipinski definition) is 0. The van der Waals surface area contributed by atoms with Crippen LogP contribution in [0.25, 0.3) is 0 Å². The van der Waals surface area contributed by atoms with Crippen LogP contribution < -0.4 is 0 Å². The van der Waals surface area contributed by atoms with Crippen molar-refractivity contribution in [1.82, 2.24) is 4.31 Å². The zero-order valence-electron chi connectivity index (χ0n) is 23.5. The molecule has 6 heteroatoms. The molecule has 0 N–H and O–H groups in total. The second-order valence-electron chi connectivity index (χ2n) is 12.5.